The SMILES string of the molecule is CCC(C)c1cccc2c1OC(C)CC2=O. The van der Waals surface area contributed by atoms with Crippen LogP contribution >= 0.6 is 0 Å². The molecule has 86 valence electrons. The molecular formula is C14H18O2. The number of ether oxygens (including phenoxy) is 1. The van der Waals surface area contributed by atoms with Crippen LogP contribution in [0.5, 0.6) is 5.75 Å². The number of para-hydroxylation sites is 1. The Labute approximate surface area is 96.6 Å². The van der Waals surface area contributed by atoms with Crippen LogP contribution in [0.15, 0.2) is 18.2 Å². The average molecular weight is 218 g/mol. The van der Waals surface area contributed by atoms with Crippen molar-refractivity contribution in [2.24, 2.45) is 0 Å². The number of carbonyl (C=O) groups is 1. The second kappa shape index (κ2) is 4.28. The molecule has 2 unspecified atom stereocenters. The highest BCUT2D eigenvalue weighted by molar-refractivity contribution is 6.00. The standard InChI is InChI=1S/C14H18O2/c1-4-9(2)11-6-5-7-12-13(15)8-10(3)16-14(11)12/h5-7,9-10H,4,8H2,1-3H3. The molecule has 0 bridgehead atoms. The molecule has 0 saturated carbocycles. The zero-order chi connectivity index (χ0) is 11.7. The van der Waals surface area contributed by atoms with E-state index in [4.69, 9.17) is 4.74 Å². The molecular weight excluding hydrogens is 200 g/mol. The first-order valence-corrected chi connectivity index (χ1v) is 5.96. The van der Waals surface area contributed by atoms with E-state index in [1.165, 1.54) is 5.56 Å². The lowest BCUT2D eigenvalue weighted by molar-refractivity contribution is 0.0868. The predicted molar refractivity (Wildman–Crippen MR) is 64.2 cm³/mol. The lowest BCUT2D eigenvalue weighted by Crippen LogP contribution is -2.25. The Morgan fingerprint density at radius 2 is 2.25 bits per heavy atom. The van der Waals surface area contributed by atoms with Crippen LogP contribution in [0.1, 0.15) is 55.5 Å². The highest BCUT2D eigenvalue weighted by Gasteiger charge is 2.26. The smallest absolute Gasteiger partial charge is 0.170 e. The van der Waals surface area contributed by atoms with Gasteiger partial charge >= 0.3 is 0 Å². The van der Waals surface area contributed by atoms with Crippen molar-refractivity contribution in [2.45, 2.75) is 45.6 Å². The van der Waals surface area contributed by atoms with Crippen molar-refractivity contribution in [3.8, 4) is 5.75 Å². The molecule has 2 atom stereocenters. The third-order valence-corrected chi connectivity index (χ3v) is 3.28. The zero-order valence-corrected chi connectivity index (χ0v) is 10.1. The fourth-order valence-corrected chi connectivity index (χ4v) is 2.13. The molecule has 0 radical (unpaired) electrons. The van der Waals surface area contributed by atoms with Crippen LogP contribution in [0.25, 0.3) is 0 Å². The van der Waals surface area contributed by atoms with Gasteiger partial charge in [0.25, 0.3) is 0 Å². The molecule has 0 saturated heterocycles. The van der Waals surface area contributed by atoms with Gasteiger partial charge in [-0.05, 0) is 30.9 Å². The third-order valence-electron chi connectivity index (χ3n) is 3.28. The maximum Gasteiger partial charge on any atom is 0.170 e. The van der Waals surface area contributed by atoms with Crippen LogP contribution in [0.4, 0.5) is 0 Å². The van der Waals surface area contributed by atoms with Gasteiger partial charge in [-0.15, -0.1) is 0 Å². The minimum absolute atomic E-state index is 0.00482. The lowest BCUT2D eigenvalue weighted by atomic mass is 9.91. The number of carbonyl (C=O) groups excluding carboxylic acids is 1. The normalized spacial score (nSPS) is 21.2. The molecule has 0 amide bonds. The summed E-state index contributed by atoms with van der Waals surface area (Å²) in [5.41, 5.74) is 1.93. The summed E-state index contributed by atoms with van der Waals surface area (Å²) in [6.45, 7) is 6.27. The number of Topliss-reactive ketones (excluding diaryl/α,β-unsaturated/α-hetero) is 1. The molecule has 1 aromatic carbocycles. The quantitative estimate of drug-likeness (QED) is 0.758. The van der Waals surface area contributed by atoms with Crippen LogP contribution in [0, 0.1) is 0 Å². The Morgan fingerprint density at radius 1 is 1.50 bits per heavy atom. The van der Waals surface area contributed by atoms with Crippen LogP contribution in [-0.4, -0.2) is 11.9 Å². The van der Waals surface area contributed by atoms with E-state index >= 15 is 0 Å². The minimum atomic E-state index is 0.00482. The molecule has 0 fully saturated rings. The number of hydrogen-bond donors (Lipinski definition) is 0. The molecule has 1 heterocycles. The second-order valence-electron chi connectivity index (χ2n) is 4.59. The van der Waals surface area contributed by atoms with Gasteiger partial charge in [0, 0.05) is 6.42 Å². The molecule has 1 aliphatic heterocycles. The van der Waals surface area contributed by atoms with Crippen molar-refractivity contribution in [2.75, 3.05) is 0 Å². The van der Waals surface area contributed by atoms with Crippen LogP contribution in [-0.2, 0) is 0 Å². The van der Waals surface area contributed by atoms with E-state index in [-0.39, 0.29) is 11.9 Å². The first-order valence-electron chi connectivity index (χ1n) is 5.96. The van der Waals surface area contributed by atoms with Gasteiger partial charge in [-0.3, -0.25) is 4.79 Å². The Bertz CT molecular complexity index is 409. The summed E-state index contributed by atoms with van der Waals surface area (Å²) >= 11 is 0. The largest absolute Gasteiger partial charge is 0.489 e. The van der Waals surface area contributed by atoms with E-state index < -0.39 is 0 Å². The first-order chi connectivity index (χ1) is 7.63. The van der Waals surface area contributed by atoms with E-state index in [9.17, 15) is 4.79 Å². The molecule has 1 aromatic rings. The van der Waals surface area contributed by atoms with Gasteiger partial charge in [0.2, 0.25) is 0 Å². The molecule has 1 aliphatic rings. The van der Waals surface area contributed by atoms with Crippen LogP contribution in [0.2, 0.25) is 0 Å². The van der Waals surface area contributed by atoms with Crippen molar-refractivity contribution < 1.29 is 9.53 Å². The Morgan fingerprint density at radius 3 is 2.94 bits per heavy atom. The number of ketones is 1. The summed E-state index contributed by atoms with van der Waals surface area (Å²) in [5.74, 6) is 1.47. The maximum atomic E-state index is 11.9. The fraction of sp³-hybridized carbons (Fsp3) is 0.500. The van der Waals surface area contributed by atoms with Gasteiger partial charge in [-0.25, -0.2) is 0 Å². The monoisotopic (exact) mass is 218 g/mol. The zero-order valence-electron chi connectivity index (χ0n) is 10.1. The summed E-state index contributed by atoms with van der Waals surface area (Å²) in [6, 6.07) is 5.89. The molecule has 16 heavy (non-hydrogen) atoms. The lowest BCUT2D eigenvalue weighted by Gasteiger charge is -2.26. The van der Waals surface area contributed by atoms with Gasteiger partial charge in [0.1, 0.15) is 11.9 Å². The third kappa shape index (κ3) is 1.84. The van der Waals surface area contributed by atoms with Crippen molar-refractivity contribution in [3.63, 3.8) is 0 Å². The Balaban J connectivity index is 2.50. The predicted octanol–water partition coefficient (Wildman–Crippen LogP) is 3.55. The highest BCUT2D eigenvalue weighted by atomic mass is 16.5. The summed E-state index contributed by atoms with van der Waals surface area (Å²) in [7, 11) is 0. The molecule has 0 aliphatic carbocycles. The van der Waals surface area contributed by atoms with Crippen molar-refractivity contribution >= 4 is 5.78 Å². The van der Waals surface area contributed by atoms with Gasteiger partial charge in [-0.1, -0.05) is 26.0 Å². The van der Waals surface area contributed by atoms with Crippen LogP contribution in [0.3, 0.4) is 0 Å². The summed E-state index contributed by atoms with van der Waals surface area (Å²) < 4.78 is 5.84. The van der Waals surface area contributed by atoms with Gasteiger partial charge < -0.3 is 4.74 Å². The molecule has 0 aromatic heterocycles. The van der Waals surface area contributed by atoms with Gasteiger partial charge in [0.05, 0.1) is 5.56 Å². The number of benzene rings is 1. The topological polar surface area (TPSA) is 26.3 Å². The number of rotatable bonds is 2. The average Bonchev–Trinajstić information content (AvgIpc) is 2.27. The van der Waals surface area contributed by atoms with Crippen molar-refractivity contribution in [1.29, 1.82) is 0 Å². The van der Waals surface area contributed by atoms with E-state index in [0.717, 1.165) is 17.7 Å². The fourth-order valence-electron chi connectivity index (χ4n) is 2.13. The summed E-state index contributed by atoms with van der Waals surface area (Å²) in [5, 5.41) is 0. The number of hydrogen-bond acceptors (Lipinski definition) is 2. The molecule has 2 nitrogen and oxygen atoms in total. The summed E-state index contributed by atoms with van der Waals surface area (Å²) in [6.07, 6.45) is 1.56. The van der Waals surface area contributed by atoms with E-state index in [0.29, 0.717) is 12.3 Å². The maximum absolute atomic E-state index is 11.9. The van der Waals surface area contributed by atoms with E-state index in [2.05, 4.69) is 19.9 Å². The van der Waals surface area contributed by atoms with Crippen molar-refractivity contribution in [3.05, 3.63) is 29.3 Å². The van der Waals surface area contributed by atoms with Crippen LogP contribution < -0.4 is 4.74 Å². The summed E-state index contributed by atoms with van der Waals surface area (Å²) in [4.78, 5) is 11.9. The van der Waals surface area contributed by atoms with E-state index in [1.807, 2.05) is 19.1 Å². The molecule has 2 heteroatoms. The van der Waals surface area contributed by atoms with Gasteiger partial charge in [-0.2, -0.15) is 0 Å². The molecule has 0 N–H and O–H groups in total. The molecule has 0 spiro atoms. The van der Waals surface area contributed by atoms with E-state index in [1.54, 1.807) is 0 Å². The van der Waals surface area contributed by atoms with Gasteiger partial charge in [0.15, 0.2) is 5.78 Å². The Kier molecular flexibility index (Phi) is 2.99. The number of fused-ring (bicyclic) bond motifs is 1. The van der Waals surface area contributed by atoms with Crippen molar-refractivity contribution in [1.82, 2.24) is 0 Å². The first kappa shape index (κ1) is 11.2. The molecule has 2 rings (SSSR count). The highest BCUT2D eigenvalue weighted by Crippen LogP contribution is 2.36. The Hall–Kier alpha value is -1.31. The second-order valence-corrected chi connectivity index (χ2v) is 4.59. The minimum Gasteiger partial charge on any atom is -0.489 e.